The van der Waals surface area contributed by atoms with Gasteiger partial charge in [0.05, 0.1) is 40.8 Å². The number of methoxy groups -OCH3 is 1. The van der Waals surface area contributed by atoms with Crippen LogP contribution in [0.1, 0.15) is 5.82 Å². The van der Waals surface area contributed by atoms with Crippen molar-refractivity contribution in [2.45, 2.75) is 6.54 Å². The van der Waals surface area contributed by atoms with Crippen LogP contribution in [0, 0.1) is 5.92 Å². The number of H-pyrrole nitrogens is 1. The molecule has 28 heavy (non-hydrogen) atoms. The quantitative estimate of drug-likeness (QED) is 0.545. The largest absolute Gasteiger partial charge is 0.497 e. The maximum Gasteiger partial charge on any atom is 0.227 e. The number of rotatable bonds is 5. The standard InChI is InChI=1S/C20H19N5O2S/c1-27-13-6-7-17-16(8-13)24-20(28-17)25-10-12(11-25)19(26)21-9-18-22-14-4-2-3-5-15(14)23-18/h2-8,12H,9-11H2,1H3,(H,21,26)(H,22,23). The van der Waals surface area contributed by atoms with E-state index in [0.717, 1.165) is 38.0 Å². The molecule has 1 aliphatic rings. The van der Waals surface area contributed by atoms with Gasteiger partial charge in [-0.15, -0.1) is 0 Å². The Kier molecular flexibility index (Phi) is 4.12. The molecule has 1 amide bonds. The first-order chi connectivity index (χ1) is 13.7. The molecule has 7 nitrogen and oxygen atoms in total. The molecule has 8 heteroatoms. The first kappa shape index (κ1) is 17.0. The van der Waals surface area contributed by atoms with Crippen molar-refractivity contribution in [2.75, 3.05) is 25.1 Å². The highest BCUT2D eigenvalue weighted by Gasteiger charge is 2.34. The first-order valence-electron chi connectivity index (χ1n) is 9.10. The van der Waals surface area contributed by atoms with Crippen molar-refractivity contribution in [2.24, 2.45) is 5.92 Å². The van der Waals surface area contributed by atoms with E-state index in [1.54, 1.807) is 18.4 Å². The maximum atomic E-state index is 12.4. The van der Waals surface area contributed by atoms with Crippen LogP contribution in [-0.4, -0.2) is 41.1 Å². The summed E-state index contributed by atoms with van der Waals surface area (Å²) in [4.78, 5) is 27.0. The second-order valence-electron chi connectivity index (χ2n) is 6.85. The molecule has 2 aromatic carbocycles. The van der Waals surface area contributed by atoms with Crippen LogP contribution in [0.3, 0.4) is 0 Å². The van der Waals surface area contributed by atoms with Gasteiger partial charge in [0, 0.05) is 19.2 Å². The molecule has 1 saturated heterocycles. The number of nitrogens with zero attached hydrogens (tertiary/aromatic N) is 3. The number of benzene rings is 2. The molecule has 0 spiro atoms. The van der Waals surface area contributed by atoms with Gasteiger partial charge in [-0.2, -0.15) is 0 Å². The number of hydrogen-bond acceptors (Lipinski definition) is 6. The Morgan fingerprint density at radius 2 is 2.11 bits per heavy atom. The van der Waals surface area contributed by atoms with E-state index in [9.17, 15) is 4.79 Å². The predicted molar refractivity (Wildman–Crippen MR) is 110 cm³/mol. The number of ether oxygens (including phenoxy) is 1. The topological polar surface area (TPSA) is 83.1 Å². The summed E-state index contributed by atoms with van der Waals surface area (Å²) in [5.41, 5.74) is 2.82. The molecule has 0 radical (unpaired) electrons. The third kappa shape index (κ3) is 3.05. The van der Waals surface area contributed by atoms with Gasteiger partial charge in [0.25, 0.3) is 0 Å². The lowest BCUT2D eigenvalue weighted by atomic mass is 10.0. The maximum absolute atomic E-state index is 12.4. The number of amides is 1. The summed E-state index contributed by atoms with van der Waals surface area (Å²) in [5.74, 6) is 1.60. The average molecular weight is 393 g/mol. The summed E-state index contributed by atoms with van der Waals surface area (Å²) < 4.78 is 6.37. The van der Waals surface area contributed by atoms with Gasteiger partial charge >= 0.3 is 0 Å². The summed E-state index contributed by atoms with van der Waals surface area (Å²) in [7, 11) is 1.65. The third-order valence-electron chi connectivity index (χ3n) is 4.97. The predicted octanol–water partition coefficient (Wildman–Crippen LogP) is 2.93. The van der Waals surface area contributed by atoms with E-state index in [-0.39, 0.29) is 11.8 Å². The Balaban J connectivity index is 1.18. The summed E-state index contributed by atoms with van der Waals surface area (Å²) in [6.45, 7) is 1.77. The molecular weight excluding hydrogens is 374 g/mol. The molecule has 0 aliphatic carbocycles. The lowest BCUT2D eigenvalue weighted by molar-refractivity contribution is -0.125. The number of para-hydroxylation sites is 2. The highest BCUT2D eigenvalue weighted by molar-refractivity contribution is 7.22. The Morgan fingerprint density at radius 1 is 1.25 bits per heavy atom. The van der Waals surface area contributed by atoms with Gasteiger partial charge in [0.2, 0.25) is 5.91 Å². The zero-order chi connectivity index (χ0) is 19.1. The molecule has 0 bridgehead atoms. The average Bonchev–Trinajstić information content (AvgIpc) is 3.27. The van der Waals surface area contributed by atoms with Crippen molar-refractivity contribution in [1.29, 1.82) is 0 Å². The number of carbonyl (C=O) groups excluding carboxylic acids is 1. The fourth-order valence-corrected chi connectivity index (χ4v) is 4.33. The van der Waals surface area contributed by atoms with Crippen molar-refractivity contribution in [3.63, 3.8) is 0 Å². The number of thiazole rings is 1. The molecule has 0 saturated carbocycles. The summed E-state index contributed by atoms with van der Waals surface area (Å²) in [5, 5.41) is 3.93. The highest BCUT2D eigenvalue weighted by Crippen LogP contribution is 2.34. The number of fused-ring (bicyclic) bond motifs is 2. The molecule has 4 aromatic rings. The van der Waals surface area contributed by atoms with Crippen LogP contribution >= 0.6 is 11.3 Å². The third-order valence-corrected chi connectivity index (χ3v) is 6.07. The zero-order valence-electron chi connectivity index (χ0n) is 15.3. The van der Waals surface area contributed by atoms with Crippen LogP contribution in [0.4, 0.5) is 5.13 Å². The minimum Gasteiger partial charge on any atom is -0.497 e. The van der Waals surface area contributed by atoms with E-state index in [2.05, 4.69) is 25.2 Å². The fourth-order valence-electron chi connectivity index (χ4n) is 3.36. The number of hydrogen-bond donors (Lipinski definition) is 2. The van der Waals surface area contributed by atoms with E-state index >= 15 is 0 Å². The zero-order valence-corrected chi connectivity index (χ0v) is 16.1. The Morgan fingerprint density at radius 3 is 2.93 bits per heavy atom. The molecule has 0 atom stereocenters. The van der Waals surface area contributed by atoms with Gasteiger partial charge in [-0.1, -0.05) is 23.5 Å². The number of aromatic amines is 1. The highest BCUT2D eigenvalue weighted by atomic mass is 32.1. The van der Waals surface area contributed by atoms with Gasteiger partial charge in [-0.25, -0.2) is 9.97 Å². The van der Waals surface area contributed by atoms with E-state index in [4.69, 9.17) is 4.74 Å². The van der Waals surface area contributed by atoms with Gasteiger partial charge in [0.15, 0.2) is 5.13 Å². The van der Waals surface area contributed by atoms with Crippen LogP contribution in [0.5, 0.6) is 5.75 Å². The molecule has 142 valence electrons. The Hall–Kier alpha value is -3.13. The number of anilines is 1. The van der Waals surface area contributed by atoms with Crippen LogP contribution in [0.2, 0.25) is 0 Å². The van der Waals surface area contributed by atoms with Crippen molar-refractivity contribution >= 4 is 43.6 Å². The molecular formula is C20H19N5O2S. The first-order valence-corrected chi connectivity index (χ1v) is 9.92. The molecule has 5 rings (SSSR count). The SMILES string of the molecule is COc1ccc2sc(N3CC(C(=O)NCc4nc5ccccc5[nH]4)C3)nc2c1. The monoisotopic (exact) mass is 393 g/mol. The molecule has 1 fully saturated rings. The summed E-state index contributed by atoms with van der Waals surface area (Å²) >= 11 is 1.64. The second kappa shape index (κ2) is 6.79. The number of nitrogens with one attached hydrogen (secondary N) is 2. The lowest BCUT2D eigenvalue weighted by Gasteiger charge is -2.37. The minimum absolute atomic E-state index is 0.0223. The normalized spacial score (nSPS) is 14.4. The van der Waals surface area contributed by atoms with Crippen LogP contribution in [-0.2, 0) is 11.3 Å². The van der Waals surface area contributed by atoms with Crippen LogP contribution < -0.4 is 15.0 Å². The number of imidazole rings is 1. The molecule has 2 aromatic heterocycles. The second-order valence-corrected chi connectivity index (χ2v) is 7.86. The Bertz CT molecular complexity index is 1130. The number of aromatic nitrogens is 3. The van der Waals surface area contributed by atoms with E-state index in [1.165, 1.54) is 0 Å². The molecule has 1 aliphatic heterocycles. The van der Waals surface area contributed by atoms with Gasteiger partial charge in [-0.05, 0) is 24.3 Å². The minimum atomic E-state index is -0.0223. The van der Waals surface area contributed by atoms with Crippen molar-refractivity contribution in [1.82, 2.24) is 20.3 Å². The lowest BCUT2D eigenvalue weighted by Crippen LogP contribution is -2.53. The van der Waals surface area contributed by atoms with Gasteiger partial charge in [-0.3, -0.25) is 4.79 Å². The summed E-state index contributed by atoms with van der Waals surface area (Å²) in [6.07, 6.45) is 0. The van der Waals surface area contributed by atoms with Crippen LogP contribution in [0.15, 0.2) is 42.5 Å². The van der Waals surface area contributed by atoms with Gasteiger partial charge < -0.3 is 19.9 Å². The van der Waals surface area contributed by atoms with Crippen molar-refractivity contribution < 1.29 is 9.53 Å². The Labute approximate surface area is 165 Å². The number of carbonyl (C=O) groups is 1. The van der Waals surface area contributed by atoms with E-state index < -0.39 is 0 Å². The van der Waals surface area contributed by atoms with Crippen molar-refractivity contribution in [3.8, 4) is 5.75 Å². The molecule has 2 N–H and O–H groups in total. The fraction of sp³-hybridized carbons (Fsp3) is 0.250. The molecule has 3 heterocycles. The smallest absolute Gasteiger partial charge is 0.227 e. The van der Waals surface area contributed by atoms with E-state index in [1.807, 2.05) is 42.5 Å². The van der Waals surface area contributed by atoms with Crippen molar-refractivity contribution in [3.05, 3.63) is 48.3 Å². The van der Waals surface area contributed by atoms with Gasteiger partial charge in [0.1, 0.15) is 11.6 Å². The van der Waals surface area contributed by atoms with Crippen LogP contribution in [0.25, 0.3) is 21.3 Å². The summed E-state index contributed by atoms with van der Waals surface area (Å²) in [6, 6.07) is 13.7. The van der Waals surface area contributed by atoms with E-state index in [0.29, 0.717) is 19.6 Å². The molecule has 0 unspecified atom stereocenters.